The van der Waals surface area contributed by atoms with Crippen LogP contribution in [0.15, 0.2) is 47.4 Å². The van der Waals surface area contributed by atoms with Crippen LogP contribution in [0.3, 0.4) is 0 Å². The Labute approximate surface area is 106 Å². The highest BCUT2D eigenvalue weighted by Gasteiger charge is 2.08. The van der Waals surface area contributed by atoms with E-state index in [0.717, 1.165) is 5.56 Å². The molecule has 0 aromatic heterocycles. The summed E-state index contributed by atoms with van der Waals surface area (Å²) in [7, 11) is -1.40. The van der Waals surface area contributed by atoms with Crippen LogP contribution in [0.2, 0.25) is 0 Å². The molecule has 2 nitrogen and oxygen atoms in total. The fraction of sp³-hybridized carbons (Fsp3) is 0.0769. The molecule has 2 rings (SSSR count). The van der Waals surface area contributed by atoms with Crippen LogP contribution in [0.25, 0.3) is 0 Å². The van der Waals surface area contributed by atoms with Gasteiger partial charge in [0.05, 0.1) is 16.6 Å². The first-order chi connectivity index (χ1) is 8.54. The van der Waals surface area contributed by atoms with E-state index in [1.54, 1.807) is 12.1 Å². The van der Waals surface area contributed by atoms with Crippen molar-refractivity contribution in [1.29, 1.82) is 0 Å². The zero-order chi connectivity index (χ0) is 13.1. The maximum Gasteiger partial charge on any atom is 0.126 e. The van der Waals surface area contributed by atoms with E-state index in [4.69, 9.17) is 5.73 Å². The average molecular weight is 267 g/mol. The first kappa shape index (κ1) is 12.7. The Hall–Kier alpha value is -1.75. The van der Waals surface area contributed by atoms with Crippen molar-refractivity contribution in [3.63, 3.8) is 0 Å². The first-order valence-corrected chi connectivity index (χ1v) is 6.55. The summed E-state index contributed by atoms with van der Waals surface area (Å²) in [5, 5.41) is 0. The van der Waals surface area contributed by atoms with Gasteiger partial charge in [0.25, 0.3) is 0 Å². The molecule has 0 radical (unpaired) electrons. The second-order valence-electron chi connectivity index (χ2n) is 3.84. The van der Waals surface area contributed by atoms with Gasteiger partial charge in [-0.2, -0.15) is 0 Å². The number of nitrogens with two attached hydrogens (primary N) is 1. The van der Waals surface area contributed by atoms with Crippen molar-refractivity contribution in [1.82, 2.24) is 0 Å². The first-order valence-electron chi connectivity index (χ1n) is 5.23. The van der Waals surface area contributed by atoms with Crippen LogP contribution < -0.4 is 5.73 Å². The molecule has 0 fully saturated rings. The van der Waals surface area contributed by atoms with Gasteiger partial charge in [0, 0.05) is 10.6 Å². The van der Waals surface area contributed by atoms with Gasteiger partial charge in [0.2, 0.25) is 0 Å². The van der Waals surface area contributed by atoms with E-state index in [1.165, 1.54) is 30.3 Å². The molecule has 5 heteroatoms. The summed E-state index contributed by atoms with van der Waals surface area (Å²) in [6.45, 7) is 0. The second-order valence-corrected chi connectivity index (χ2v) is 5.29. The van der Waals surface area contributed by atoms with Crippen molar-refractivity contribution in [3.05, 3.63) is 59.7 Å². The summed E-state index contributed by atoms with van der Waals surface area (Å²) in [5.74, 6) is -0.666. The summed E-state index contributed by atoms with van der Waals surface area (Å²) in [6.07, 6.45) is 0. The number of hydrogen-bond acceptors (Lipinski definition) is 2. The highest BCUT2D eigenvalue weighted by Crippen LogP contribution is 2.17. The number of halogens is 2. The Morgan fingerprint density at radius 3 is 2.28 bits per heavy atom. The van der Waals surface area contributed by atoms with Gasteiger partial charge in [-0.1, -0.05) is 12.1 Å². The molecule has 18 heavy (non-hydrogen) atoms. The van der Waals surface area contributed by atoms with Crippen molar-refractivity contribution in [2.45, 2.75) is 10.6 Å². The average Bonchev–Trinajstić information content (AvgIpc) is 2.31. The third-order valence-electron chi connectivity index (χ3n) is 2.37. The molecular formula is C13H11F2NOS. The van der Waals surface area contributed by atoms with Crippen LogP contribution in [0, 0.1) is 11.6 Å². The summed E-state index contributed by atoms with van der Waals surface area (Å²) in [6, 6.07) is 9.53. The van der Waals surface area contributed by atoms with Gasteiger partial charge in [0.1, 0.15) is 11.6 Å². The van der Waals surface area contributed by atoms with Crippen LogP contribution in [0.4, 0.5) is 14.5 Å². The number of rotatable bonds is 3. The van der Waals surface area contributed by atoms with Gasteiger partial charge in [-0.05, 0) is 35.9 Å². The number of nitrogen functional groups attached to an aromatic ring is 1. The van der Waals surface area contributed by atoms with Gasteiger partial charge in [-0.15, -0.1) is 0 Å². The van der Waals surface area contributed by atoms with Crippen LogP contribution >= 0.6 is 0 Å². The fourth-order valence-corrected chi connectivity index (χ4v) is 2.70. The Morgan fingerprint density at radius 2 is 1.67 bits per heavy atom. The third-order valence-corrected chi connectivity index (χ3v) is 3.72. The van der Waals surface area contributed by atoms with Crippen LogP contribution in [0.5, 0.6) is 0 Å². The minimum absolute atomic E-state index is 0.198. The molecule has 0 saturated carbocycles. The number of hydrogen-bond donors (Lipinski definition) is 1. The molecule has 0 heterocycles. The van der Waals surface area contributed by atoms with Crippen LogP contribution in [-0.4, -0.2) is 4.21 Å². The van der Waals surface area contributed by atoms with Crippen molar-refractivity contribution < 1.29 is 13.0 Å². The maximum absolute atomic E-state index is 13.1. The molecule has 0 aliphatic heterocycles. The highest BCUT2D eigenvalue weighted by molar-refractivity contribution is 7.84. The van der Waals surface area contributed by atoms with E-state index in [-0.39, 0.29) is 17.3 Å². The largest absolute Gasteiger partial charge is 0.399 e. The Kier molecular flexibility index (Phi) is 3.72. The smallest absolute Gasteiger partial charge is 0.126 e. The predicted molar refractivity (Wildman–Crippen MR) is 67.3 cm³/mol. The molecule has 0 amide bonds. The van der Waals surface area contributed by atoms with E-state index in [9.17, 15) is 13.0 Å². The zero-order valence-corrected chi connectivity index (χ0v) is 10.2. The highest BCUT2D eigenvalue weighted by atomic mass is 32.2. The topological polar surface area (TPSA) is 43.1 Å². The van der Waals surface area contributed by atoms with E-state index in [2.05, 4.69) is 0 Å². The van der Waals surface area contributed by atoms with E-state index >= 15 is 0 Å². The quantitative estimate of drug-likeness (QED) is 0.869. The predicted octanol–water partition coefficient (Wildman–Crippen LogP) is 2.85. The number of anilines is 1. The Balaban J connectivity index is 2.19. The monoisotopic (exact) mass is 267 g/mol. The van der Waals surface area contributed by atoms with Gasteiger partial charge in [0.15, 0.2) is 0 Å². The standard InChI is InChI=1S/C13H11F2NOS/c14-10-3-1-9(2-4-10)8-18(17)13-6-11(15)5-12(16)7-13/h1-7H,8,16H2. The molecular weight excluding hydrogens is 256 g/mol. The number of benzene rings is 2. The molecule has 0 bridgehead atoms. The molecule has 2 aromatic carbocycles. The van der Waals surface area contributed by atoms with Crippen LogP contribution in [0.1, 0.15) is 5.56 Å². The molecule has 0 saturated heterocycles. The zero-order valence-electron chi connectivity index (χ0n) is 9.40. The van der Waals surface area contributed by atoms with E-state index in [0.29, 0.717) is 4.90 Å². The lowest BCUT2D eigenvalue weighted by molar-refractivity contribution is 0.623. The van der Waals surface area contributed by atoms with Gasteiger partial charge >= 0.3 is 0 Å². The van der Waals surface area contributed by atoms with Gasteiger partial charge in [-0.3, -0.25) is 4.21 Å². The fourth-order valence-electron chi connectivity index (χ4n) is 1.53. The Bertz CT molecular complexity index is 564. The van der Waals surface area contributed by atoms with E-state index < -0.39 is 16.6 Å². The third kappa shape index (κ3) is 3.13. The maximum atomic E-state index is 13.1. The summed E-state index contributed by atoms with van der Waals surface area (Å²) < 4.78 is 37.8. The van der Waals surface area contributed by atoms with Crippen molar-refractivity contribution in [2.24, 2.45) is 0 Å². The van der Waals surface area contributed by atoms with Crippen molar-refractivity contribution in [2.75, 3.05) is 5.73 Å². The molecule has 0 aliphatic carbocycles. The van der Waals surface area contributed by atoms with Gasteiger partial charge < -0.3 is 5.73 Å². The molecule has 94 valence electrons. The molecule has 2 N–H and O–H groups in total. The van der Waals surface area contributed by atoms with Crippen molar-refractivity contribution >= 4 is 16.5 Å². The van der Waals surface area contributed by atoms with Crippen LogP contribution in [-0.2, 0) is 16.6 Å². The summed E-state index contributed by atoms with van der Waals surface area (Å²) in [5.41, 5.74) is 6.44. The molecule has 1 atom stereocenters. The lowest BCUT2D eigenvalue weighted by Crippen LogP contribution is -1.99. The Morgan fingerprint density at radius 1 is 1.00 bits per heavy atom. The minimum atomic E-state index is -1.40. The minimum Gasteiger partial charge on any atom is -0.399 e. The SMILES string of the molecule is Nc1cc(F)cc(S(=O)Cc2ccc(F)cc2)c1. The second kappa shape index (κ2) is 5.27. The summed E-state index contributed by atoms with van der Waals surface area (Å²) >= 11 is 0. The molecule has 0 spiro atoms. The normalized spacial score (nSPS) is 12.3. The molecule has 2 aromatic rings. The summed E-state index contributed by atoms with van der Waals surface area (Å²) in [4.78, 5) is 0.330. The lowest BCUT2D eigenvalue weighted by Gasteiger charge is -2.04. The lowest BCUT2D eigenvalue weighted by atomic mass is 10.2. The van der Waals surface area contributed by atoms with E-state index in [1.807, 2.05) is 0 Å². The molecule has 1 unspecified atom stereocenters. The van der Waals surface area contributed by atoms with Gasteiger partial charge in [-0.25, -0.2) is 8.78 Å². The molecule has 0 aliphatic rings. The van der Waals surface area contributed by atoms with Crippen molar-refractivity contribution in [3.8, 4) is 0 Å².